The zero-order valence-corrected chi connectivity index (χ0v) is 18.7. The Labute approximate surface area is 181 Å². The predicted octanol–water partition coefficient (Wildman–Crippen LogP) is 5.92. The molecule has 0 unspecified atom stereocenters. The van der Waals surface area contributed by atoms with Crippen LogP contribution < -0.4 is 4.90 Å². The van der Waals surface area contributed by atoms with Gasteiger partial charge in [0.15, 0.2) is 0 Å². The molecule has 2 heterocycles. The topological polar surface area (TPSA) is 50.3 Å². The van der Waals surface area contributed by atoms with Gasteiger partial charge in [-0.05, 0) is 61.6 Å². The van der Waals surface area contributed by atoms with Crippen LogP contribution in [0.1, 0.15) is 25.3 Å². The molecule has 0 N–H and O–H groups in total. The van der Waals surface area contributed by atoms with Crippen molar-refractivity contribution in [2.45, 2.75) is 36.5 Å². The third kappa shape index (κ3) is 3.83. The van der Waals surface area contributed by atoms with Gasteiger partial charge in [0, 0.05) is 34.7 Å². The number of rotatable bonds is 3. The summed E-state index contributed by atoms with van der Waals surface area (Å²) >= 11 is 12.4. The van der Waals surface area contributed by atoms with Crippen molar-refractivity contribution < 1.29 is 8.42 Å². The second-order valence-corrected chi connectivity index (χ2v) is 10.5. The highest BCUT2D eigenvalue weighted by atomic mass is 35.5. The fourth-order valence-electron chi connectivity index (χ4n) is 3.76. The Hall–Kier alpha value is -1.82. The van der Waals surface area contributed by atoms with Crippen LogP contribution in [0.25, 0.3) is 10.9 Å². The number of hydrogen-bond donors (Lipinski definition) is 0. The maximum absolute atomic E-state index is 13.6. The number of pyridine rings is 1. The summed E-state index contributed by atoms with van der Waals surface area (Å²) in [7, 11) is -3.79. The monoisotopic (exact) mass is 448 g/mol. The Kier molecular flexibility index (Phi) is 5.49. The van der Waals surface area contributed by atoms with Crippen molar-refractivity contribution in [2.24, 2.45) is 5.92 Å². The molecule has 0 saturated carbocycles. The van der Waals surface area contributed by atoms with Gasteiger partial charge in [0.05, 0.1) is 16.1 Å². The van der Waals surface area contributed by atoms with Crippen LogP contribution in [0.5, 0.6) is 0 Å². The second kappa shape index (κ2) is 7.78. The summed E-state index contributed by atoms with van der Waals surface area (Å²) in [5.41, 5.74) is 2.23. The molecule has 0 spiro atoms. The predicted molar refractivity (Wildman–Crippen MR) is 119 cm³/mol. The third-order valence-corrected chi connectivity index (χ3v) is 8.01. The van der Waals surface area contributed by atoms with Crippen LogP contribution in [0.4, 0.5) is 5.69 Å². The van der Waals surface area contributed by atoms with Crippen molar-refractivity contribution in [3.63, 3.8) is 0 Å². The maximum atomic E-state index is 13.6. The van der Waals surface area contributed by atoms with E-state index in [1.165, 1.54) is 12.3 Å². The summed E-state index contributed by atoms with van der Waals surface area (Å²) in [6.45, 7) is 5.69. The number of sulfone groups is 1. The number of aryl methyl sites for hydroxylation is 1. The van der Waals surface area contributed by atoms with Crippen LogP contribution in [-0.2, 0) is 9.84 Å². The van der Waals surface area contributed by atoms with Crippen LogP contribution in [0.15, 0.2) is 52.4 Å². The van der Waals surface area contributed by atoms with Crippen LogP contribution in [0.3, 0.4) is 0 Å². The van der Waals surface area contributed by atoms with E-state index in [-0.39, 0.29) is 9.79 Å². The summed E-state index contributed by atoms with van der Waals surface area (Å²) in [6, 6.07) is 10.3. The van der Waals surface area contributed by atoms with E-state index in [0.29, 0.717) is 27.2 Å². The zero-order valence-electron chi connectivity index (χ0n) is 16.3. The molecule has 152 valence electrons. The second-order valence-electron chi connectivity index (χ2n) is 7.72. The van der Waals surface area contributed by atoms with Crippen molar-refractivity contribution in [1.82, 2.24) is 4.98 Å². The van der Waals surface area contributed by atoms with Gasteiger partial charge in [-0.1, -0.05) is 36.2 Å². The lowest BCUT2D eigenvalue weighted by Gasteiger charge is -2.34. The Bertz CT molecular complexity index is 1190. The van der Waals surface area contributed by atoms with E-state index in [1.807, 2.05) is 13.0 Å². The molecule has 0 radical (unpaired) electrons. The van der Waals surface area contributed by atoms with Crippen LogP contribution >= 0.6 is 23.2 Å². The van der Waals surface area contributed by atoms with Gasteiger partial charge < -0.3 is 4.90 Å². The first-order chi connectivity index (χ1) is 13.8. The molecule has 2 aromatic carbocycles. The fourth-order valence-corrected chi connectivity index (χ4v) is 5.63. The van der Waals surface area contributed by atoms with E-state index < -0.39 is 9.84 Å². The lowest BCUT2D eigenvalue weighted by molar-refractivity contribution is 0.437. The van der Waals surface area contributed by atoms with Crippen LogP contribution in [0, 0.1) is 12.8 Å². The van der Waals surface area contributed by atoms with Crippen LogP contribution in [0.2, 0.25) is 10.0 Å². The van der Waals surface area contributed by atoms with Gasteiger partial charge in [-0.15, -0.1) is 0 Å². The molecule has 1 aromatic heterocycles. The SMILES string of the molecule is Cc1ccc(S(=O)(=O)c2cnc3cc(Cl)ccc3c2N2CCC(C)CC2)cc1Cl. The first-order valence-corrected chi connectivity index (χ1v) is 11.9. The molecule has 7 heteroatoms. The molecular weight excluding hydrogens is 427 g/mol. The van der Waals surface area contributed by atoms with Crippen molar-refractivity contribution in [3.8, 4) is 0 Å². The number of piperidine rings is 1. The molecule has 1 aliphatic heterocycles. The molecule has 0 amide bonds. The molecular formula is C22H22Cl2N2O2S. The minimum absolute atomic E-state index is 0.176. The molecule has 4 nitrogen and oxygen atoms in total. The highest BCUT2D eigenvalue weighted by molar-refractivity contribution is 7.91. The summed E-state index contributed by atoms with van der Waals surface area (Å²) in [4.78, 5) is 6.97. The number of benzene rings is 2. The summed E-state index contributed by atoms with van der Waals surface area (Å²) in [5, 5.41) is 1.80. The third-order valence-electron chi connectivity index (χ3n) is 5.61. The van der Waals surface area contributed by atoms with Gasteiger partial charge in [0.25, 0.3) is 0 Å². The molecule has 0 atom stereocenters. The van der Waals surface area contributed by atoms with E-state index >= 15 is 0 Å². The smallest absolute Gasteiger partial charge is 0.210 e. The summed E-state index contributed by atoms with van der Waals surface area (Å²) < 4.78 is 27.2. The highest BCUT2D eigenvalue weighted by Gasteiger charge is 2.29. The molecule has 3 aromatic rings. The van der Waals surface area contributed by atoms with Gasteiger partial charge in [-0.3, -0.25) is 4.98 Å². The average Bonchev–Trinajstić information content (AvgIpc) is 2.69. The van der Waals surface area contributed by atoms with E-state index in [4.69, 9.17) is 23.2 Å². The van der Waals surface area contributed by atoms with Gasteiger partial charge in [0.2, 0.25) is 9.84 Å². The van der Waals surface area contributed by atoms with E-state index in [9.17, 15) is 8.42 Å². The number of aromatic nitrogens is 1. The highest BCUT2D eigenvalue weighted by Crippen LogP contribution is 2.38. The van der Waals surface area contributed by atoms with E-state index in [1.54, 1.807) is 24.3 Å². The van der Waals surface area contributed by atoms with Gasteiger partial charge in [-0.2, -0.15) is 0 Å². The molecule has 4 rings (SSSR count). The first-order valence-electron chi connectivity index (χ1n) is 9.62. The van der Waals surface area contributed by atoms with E-state index in [2.05, 4.69) is 16.8 Å². The Morgan fingerprint density at radius 2 is 1.79 bits per heavy atom. The minimum Gasteiger partial charge on any atom is -0.370 e. The van der Waals surface area contributed by atoms with Gasteiger partial charge in [-0.25, -0.2) is 8.42 Å². The van der Waals surface area contributed by atoms with Crippen LogP contribution in [-0.4, -0.2) is 26.5 Å². The molecule has 1 fully saturated rings. The maximum Gasteiger partial charge on any atom is 0.210 e. The minimum atomic E-state index is -3.79. The number of halogens is 2. The standard InChI is InChI=1S/C22H22Cl2N2O2S/c1-14-7-9-26(10-8-14)22-18-6-4-16(23)11-20(18)25-13-21(22)29(27,28)17-5-3-15(2)19(24)12-17/h3-6,11-14H,7-10H2,1-2H3. The molecule has 0 bridgehead atoms. The Balaban J connectivity index is 1.94. The van der Waals surface area contributed by atoms with E-state index in [0.717, 1.165) is 36.9 Å². The first kappa shape index (κ1) is 20.5. The normalized spacial score (nSPS) is 15.8. The number of nitrogens with zero attached hydrogens (tertiary/aromatic N) is 2. The number of anilines is 1. The molecule has 1 aliphatic rings. The Morgan fingerprint density at radius 1 is 1.07 bits per heavy atom. The molecule has 0 aliphatic carbocycles. The quantitative estimate of drug-likeness (QED) is 0.498. The van der Waals surface area contributed by atoms with Gasteiger partial charge >= 0.3 is 0 Å². The lowest BCUT2D eigenvalue weighted by Crippen LogP contribution is -2.34. The number of hydrogen-bond acceptors (Lipinski definition) is 4. The fraction of sp³-hybridized carbons (Fsp3) is 0.318. The van der Waals surface area contributed by atoms with Crippen molar-refractivity contribution >= 4 is 49.6 Å². The summed E-state index contributed by atoms with van der Waals surface area (Å²) in [6.07, 6.45) is 3.50. The van der Waals surface area contributed by atoms with Crippen molar-refractivity contribution in [1.29, 1.82) is 0 Å². The Morgan fingerprint density at radius 3 is 2.48 bits per heavy atom. The van der Waals surface area contributed by atoms with Gasteiger partial charge in [0.1, 0.15) is 4.90 Å². The molecule has 29 heavy (non-hydrogen) atoms. The van der Waals surface area contributed by atoms with Crippen molar-refractivity contribution in [2.75, 3.05) is 18.0 Å². The van der Waals surface area contributed by atoms with Crippen molar-refractivity contribution in [3.05, 3.63) is 58.2 Å². The molecule has 1 saturated heterocycles. The summed E-state index contributed by atoms with van der Waals surface area (Å²) in [5.74, 6) is 0.629. The number of fused-ring (bicyclic) bond motifs is 1. The lowest BCUT2D eigenvalue weighted by atomic mass is 9.98. The average molecular weight is 449 g/mol. The largest absolute Gasteiger partial charge is 0.370 e. The zero-order chi connectivity index (χ0) is 20.8.